The number of rotatable bonds is 10. The molecule has 27 heavy (non-hydrogen) atoms. The summed E-state index contributed by atoms with van der Waals surface area (Å²) in [6, 6.07) is 11.4. The minimum atomic E-state index is -0.752. The summed E-state index contributed by atoms with van der Waals surface area (Å²) in [5, 5.41) is 2.81. The summed E-state index contributed by atoms with van der Waals surface area (Å²) in [4.78, 5) is 12.4. The van der Waals surface area contributed by atoms with Crippen molar-refractivity contribution in [2.24, 2.45) is 0 Å². The predicted molar refractivity (Wildman–Crippen MR) is 105 cm³/mol. The number of amides is 1. The molecule has 2 aromatic rings. The van der Waals surface area contributed by atoms with Crippen LogP contribution in [0.15, 0.2) is 46.9 Å². The Morgan fingerprint density at radius 2 is 1.96 bits per heavy atom. The van der Waals surface area contributed by atoms with Crippen LogP contribution in [0.5, 0.6) is 5.75 Å². The maximum absolute atomic E-state index is 13.1. The van der Waals surface area contributed by atoms with E-state index in [1.807, 2.05) is 25.1 Å². The van der Waals surface area contributed by atoms with Crippen LogP contribution in [0.25, 0.3) is 0 Å². The fourth-order valence-corrected chi connectivity index (χ4v) is 2.69. The molecule has 0 aliphatic heterocycles. The number of carbonyl (C=O) groups excluding carboxylic acids is 1. The van der Waals surface area contributed by atoms with Gasteiger partial charge in [0.25, 0.3) is 5.91 Å². The molecule has 0 bridgehead atoms. The molecular weight excluding hydrogens is 417 g/mol. The van der Waals surface area contributed by atoms with Crippen molar-refractivity contribution in [2.75, 3.05) is 25.1 Å². The van der Waals surface area contributed by atoms with E-state index in [4.69, 9.17) is 14.2 Å². The van der Waals surface area contributed by atoms with Crippen LogP contribution in [0.1, 0.15) is 19.4 Å². The molecular formula is C20H23BrFNO4. The highest BCUT2D eigenvalue weighted by atomic mass is 79.9. The van der Waals surface area contributed by atoms with Gasteiger partial charge in [0.15, 0.2) is 6.10 Å². The lowest BCUT2D eigenvalue weighted by Gasteiger charge is -2.16. The van der Waals surface area contributed by atoms with Gasteiger partial charge in [-0.25, -0.2) is 4.39 Å². The third-order valence-electron chi connectivity index (χ3n) is 3.61. The van der Waals surface area contributed by atoms with E-state index in [9.17, 15) is 9.18 Å². The Hall–Kier alpha value is -1.96. The lowest BCUT2D eigenvalue weighted by molar-refractivity contribution is -0.122. The Kier molecular flexibility index (Phi) is 8.71. The molecule has 0 spiro atoms. The summed E-state index contributed by atoms with van der Waals surface area (Å²) in [6.45, 7) is 5.74. The molecule has 0 saturated heterocycles. The molecule has 2 rings (SSSR count). The number of hydrogen-bond acceptors (Lipinski definition) is 4. The van der Waals surface area contributed by atoms with Gasteiger partial charge in [0.1, 0.15) is 11.6 Å². The summed E-state index contributed by atoms with van der Waals surface area (Å²) in [5.74, 6) is -0.289. The molecule has 146 valence electrons. The number of anilines is 1. The Morgan fingerprint density at radius 3 is 2.70 bits per heavy atom. The molecule has 0 aromatic heterocycles. The molecule has 1 unspecified atom stereocenters. The van der Waals surface area contributed by atoms with Crippen LogP contribution in [0.2, 0.25) is 0 Å². The van der Waals surface area contributed by atoms with Crippen LogP contribution in [-0.2, 0) is 20.9 Å². The number of carbonyl (C=O) groups is 1. The molecule has 0 aliphatic carbocycles. The lowest BCUT2D eigenvalue weighted by Crippen LogP contribution is -2.30. The van der Waals surface area contributed by atoms with E-state index in [-0.39, 0.29) is 11.7 Å². The van der Waals surface area contributed by atoms with Crippen molar-refractivity contribution < 1.29 is 23.4 Å². The van der Waals surface area contributed by atoms with E-state index in [0.717, 1.165) is 5.56 Å². The number of halogens is 2. The van der Waals surface area contributed by atoms with Crippen molar-refractivity contribution in [3.63, 3.8) is 0 Å². The van der Waals surface area contributed by atoms with Crippen LogP contribution in [0, 0.1) is 5.82 Å². The van der Waals surface area contributed by atoms with Crippen LogP contribution in [0.3, 0.4) is 0 Å². The highest BCUT2D eigenvalue weighted by molar-refractivity contribution is 9.10. The third kappa shape index (κ3) is 7.28. The van der Waals surface area contributed by atoms with E-state index in [1.165, 1.54) is 18.2 Å². The van der Waals surface area contributed by atoms with Gasteiger partial charge in [0.05, 0.1) is 24.3 Å². The average molecular weight is 440 g/mol. The number of hydrogen-bond donors (Lipinski definition) is 1. The Morgan fingerprint density at radius 1 is 1.19 bits per heavy atom. The van der Waals surface area contributed by atoms with Gasteiger partial charge in [0, 0.05) is 12.3 Å². The van der Waals surface area contributed by atoms with Gasteiger partial charge < -0.3 is 19.5 Å². The van der Waals surface area contributed by atoms with Gasteiger partial charge in [-0.3, -0.25) is 4.79 Å². The van der Waals surface area contributed by atoms with Gasteiger partial charge in [-0.05, 0) is 65.7 Å². The molecule has 0 fully saturated rings. The molecule has 0 radical (unpaired) electrons. The fourth-order valence-electron chi connectivity index (χ4n) is 2.25. The quantitative estimate of drug-likeness (QED) is 0.551. The van der Waals surface area contributed by atoms with Crippen molar-refractivity contribution in [1.29, 1.82) is 0 Å². The fraction of sp³-hybridized carbons (Fsp3) is 0.350. The topological polar surface area (TPSA) is 56.8 Å². The molecule has 2 aromatic carbocycles. The maximum Gasteiger partial charge on any atom is 0.265 e. The number of nitrogens with one attached hydrogen (secondary N) is 1. The first-order valence-electron chi connectivity index (χ1n) is 8.66. The molecule has 0 heterocycles. The SMILES string of the molecule is CCOCCOCc1cccc(NC(=O)C(C)Oc2ccc(F)cc2Br)c1. The van der Waals surface area contributed by atoms with E-state index in [0.29, 0.717) is 42.3 Å². The van der Waals surface area contributed by atoms with E-state index in [1.54, 1.807) is 13.0 Å². The minimum Gasteiger partial charge on any atom is -0.480 e. The van der Waals surface area contributed by atoms with Crippen molar-refractivity contribution >= 4 is 27.5 Å². The number of ether oxygens (including phenoxy) is 3. The smallest absolute Gasteiger partial charge is 0.265 e. The summed E-state index contributed by atoms with van der Waals surface area (Å²) in [6.07, 6.45) is -0.752. The first-order chi connectivity index (χ1) is 13.0. The van der Waals surface area contributed by atoms with Crippen LogP contribution >= 0.6 is 15.9 Å². The average Bonchev–Trinajstić information content (AvgIpc) is 2.64. The molecule has 0 saturated carbocycles. The molecule has 7 heteroatoms. The lowest BCUT2D eigenvalue weighted by atomic mass is 10.2. The van der Waals surface area contributed by atoms with E-state index >= 15 is 0 Å². The normalized spacial score (nSPS) is 11.9. The second-order valence-corrected chi connectivity index (χ2v) is 6.63. The molecule has 0 aliphatic rings. The molecule has 1 amide bonds. The second kappa shape index (κ2) is 11.0. The highest BCUT2D eigenvalue weighted by Crippen LogP contribution is 2.26. The van der Waals surface area contributed by atoms with Gasteiger partial charge in [0.2, 0.25) is 0 Å². The standard InChI is InChI=1S/C20H23BrFNO4/c1-3-25-9-10-26-13-15-5-4-6-17(11-15)23-20(24)14(2)27-19-8-7-16(22)12-18(19)21/h4-8,11-12,14H,3,9-10,13H2,1-2H3,(H,23,24). The second-order valence-electron chi connectivity index (χ2n) is 5.77. The highest BCUT2D eigenvalue weighted by Gasteiger charge is 2.16. The zero-order valence-corrected chi connectivity index (χ0v) is 16.9. The summed E-state index contributed by atoms with van der Waals surface area (Å²) in [5.41, 5.74) is 1.60. The maximum atomic E-state index is 13.1. The first kappa shape index (κ1) is 21.3. The molecule has 1 N–H and O–H groups in total. The van der Waals surface area contributed by atoms with Gasteiger partial charge in [-0.2, -0.15) is 0 Å². The molecule has 1 atom stereocenters. The van der Waals surface area contributed by atoms with Gasteiger partial charge in [-0.15, -0.1) is 0 Å². The first-order valence-corrected chi connectivity index (χ1v) is 9.46. The van der Waals surface area contributed by atoms with Crippen molar-refractivity contribution in [2.45, 2.75) is 26.6 Å². The minimum absolute atomic E-state index is 0.305. The van der Waals surface area contributed by atoms with Gasteiger partial charge in [-0.1, -0.05) is 12.1 Å². The Balaban J connectivity index is 1.87. The Bertz CT molecular complexity index is 757. The van der Waals surface area contributed by atoms with Crippen molar-refractivity contribution in [3.05, 3.63) is 58.3 Å². The zero-order chi connectivity index (χ0) is 19.6. The summed E-state index contributed by atoms with van der Waals surface area (Å²) < 4.78 is 29.9. The van der Waals surface area contributed by atoms with E-state index < -0.39 is 6.10 Å². The summed E-state index contributed by atoms with van der Waals surface area (Å²) >= 11 is 3.22. The molecule has 5 nitrogen and oxygen atoms in total. The van der Waals surface area contributed by atoms with Crippen LogP contribution in [-0.4, -0.2) is 31.8 Å². The van der Waals surface area contributed by atoms with Crippen molar-refractivity contribution in [1.82, 2.24) is 0 Å². The number of benzene rings is 2. The van der Waals surface area contributed by atoms with Crippen LogP contribution in [0.4, 0.5) is 10.1 Å². The monoisotopic (exact) mass is 439 g/mol. The predicted octanol–water partition coefficient (Wildman–Crippen LogP) is 4.55. The van der Waals surface area contributed by atoms with E-state index in [2.05, 4.69) is 21.2 Å². The summed E-state index contributed by atoms with van der Waals surface area (Å²) in [7, 11) is 0. The van der Waals surface area contributed by atoms with Crippen molar-refractivity contribution in [3.8, 4) is 5.75 Å². The zero-order valence-electron chi connectivity index (χ0n) is 15.3. The third-order valence-corrected chi connectivity index (χ3v) is 4.23. The van der Waals surface area contributed by atoms with Gasteiger partial charge >= 0.3 is 0 Å². The largest absolute Gasteiger partial charge is 0.480 e. The van der Waals surface area contributed by atoms with Crippen LogP contribution < -0.4 is 10.1 Å². The Labute approximate surface area is 166 Å².